The maximum absolute atomic E-state index is 11.7. The zero-order valence-corrected chi connectivity index (χ0v) is 11.7. The average Bonchev–Trinajstić information content (AvgIpc) is 2.61. The van der Waals surface area contributed by atoms with Crippen molar-refractivity contribution < 1.29 is 14.7 Å². The number of nitrogens with one attached hydrogen (secondary N) is 1. The molecule has 19 heavy (non-hydrogen) atoms. The predicted molar refractivity (Wildman–Crippen MR) is 71.5 cm³/mol. The highest BCUT2D eigenvalue weighted by Gasteiger charge is 2.23. The summed E-state index contributed by atoms with van der Waals surface area (Å²) in [4.78, 5) is 24.5. The Hall–Kier alpha value is -2.05. The highest BCUT2D eigenvalue weighted by molar-refractivity contribution is 5.95. The summed E-state index contributed by atoms with van der Waals surface area (Å²) in [5.74, 6) is -0.752. The van der Waals surface area contributed by atoms with E-state index >= 15 is 0 Å². The predicted octanol–water partition coefficient (Wildman–Crippen LogP) is 0.389. The van der Waals surface area contributed by atoms with Crippen LogP contribution in [-0.4, -0.2) is 46.9 Å². The van der Waals surface area contributed by atoms with Crippen LogP contribution in [0.15, 0.2) is 0 Å². The molecule has 7 heteroatoms. The summed E-state index contributed by atoms with van der Waals surface area (Å²) in [5, 5.41) is 16.0. The Morgan fingerprint density at radius 2 is 2.11 bits per heavy atom. The maximum atomic E-state index is 11.7. The number of aromatic carboxylic acids is 1. The number of aromatic nitrogens is 2. The summed E-state index contributed by atoms with van der Waals surface area (Å²) in [5.41, 5.74) is 0.569. The molecule has 0 fully saturated rings. The molecule has 0 bridgehead atoms. The summed E-state index contributed by atoms with van der Waals surface area (Å²) in [6.07, 6.45) is 0.862. The van der Waals surface area contributed by atoms with Gasteiger partial charge in [-0.2, -0.15) is 5.10 Å². The first-order valence-electron chi connectivity index (χ1n) is 6.13. The second-order valence-corrected chi connectivity index (χ2v) is 4.42. The molecule has 0 saturated heterocycles. The van der Waals surface area contributed by atoms with Crippen LogP contribution >= 0.6 is 0 Å². The molecule has 0 spiro atoms. The minimum atomic E-state index is -1.04. The quantitative estimate of drug-likeness (QED) is 0.779. The molecule has 0 aliphatic heterocycles. The van der Waals surface area contributed by atoms with Crippen molar-refractivity contribution in [1.82, 2.24) is 15.1 Å². The zero-order valence-electron chi connectivity index (χ0n) is 11.7. The molecular formula is C12H20N4O3. The number of anilines is 1. The lowest BCUT2D eigenvalue weighted by atomic mass is 10.2. The second kappa shape index (κ2) is 6.21. The first-order valence-corrected chi connectivity index (χ1v) is 6.13. The lowest BCUT2D eigenvalue weighted by molar-refractivity contribution is -0.119. The van der Waals surface area contributed by atoms with Gasteiger partial charge in [-0.15, -0.1) is 0 Å². The molecule has 2 N–H and O–H groups in total. The van der Waals surface area contributed by atoms with E-state index in [9.17, 15) is 14.7 Å². The van der Waals surface area contributed by atoms with Crippen molar-refractivity contribution in [2.75, 3.05) is 25.0 Å². The summed E-state index contributed by atoms with van der Waals surface area (Å²) < 4.78 is 1.48. The van der Waals surface area contributed by atoms with Gasteiger partial charge in [0.15, 0.2) is 0 Å². The van der Waals surface area contributed by atoms with E-state index in [0.29, 0.717) is 18.1 Å². The first kappa shape index (κ1) is 15.0. The van der Waals surface area contributed by atoms with Crippen LogP contribution in [0.1, 0.15) is 29.4 Å². The number of carboxylic acids is 1. The number of carboxylic acid groups (broad SMARTS) is 1. The molecule has 1 rings (SSSR count). The van der Waals surface area contributed by atoms with Crippen LogP contribution in [0.2, 0.25) is 0 Å². The molecule has 0 aromatic carbocycles. The molecule has 106 valence electrons. The Bertz CT molecular complexity index is 482. The van der Waals surface area contributed by atoms with Gasteiger partial charge >= 0.3 is 5.97 Å². The van der Waals surface area contributed by atoms with Crippen molar-refractivity contribution in [2.45, 2.75) is 20.3 Å². The first-order chi connectivity index (χ1) is 8.88. The van der Waals surface area contributed by atoms with E-state index in [1.54, 1.807) is 25.9 Å². The van der Waals surface area contributed by atoms with Crippen molar-refractivity contribution in [3.05, 3.63) is 11.3 Å². The van der Waals surface area contributed by atoms with E-state index < -0.39 is 5.97 Å². The van der Waals surface area contributed by atoms with E-state index in [2.05, 4.69) is 10.4 Å². The maximum Gasteiger partial charge on any atom is 0.341 e. The molecule has 0 aliphatic carbocycles. The van der Waals surface area contributed by atoms with Crippen LogP contribution in [0, 0.1) is 6.92 Å². The second-order valence-electron chi connectivity index (χ2n) is 4.42. The van der Waals surface area contributed by atoms with E-state index in [-0.39, 0.29) is 18.0 Å². The number of aryl methyl sites for hydroxylation is 2. The van der Waals surface area contributed by atoms with E-state index in [4.69, 9.17) is 0 Å². The SMILES string of the molecule is CCCNC(=O)CN(C)c1c(C(=O)O)c(C)nn1C. The van der Waals surface area contributed by atoms with Crippen LogP contribution in [0.3, 0.4) is 0 Å². The minimum Gasteiger partial charge on any atom is -0.477 e. The monoisotopic (exact) mass is 268 g/mol. The van der Waals surface area contributed by atoms with Crippen molar-refractivity contribution in [3.8, 4) is 0 Å². The van der Waals surface area contributed by atoms with Crippen LogP contribution in [0.4, 0.5) is 5.82 Å². The molecule has 1 aromatic rings. The van der Waals surface area contributed by atoms with Crippen LogP contribution in [0.5, 0.6) is 0 Å². The Kier molecular flexibility index (Phi) is 4.91. The van der Waals surface area contributed by atoms with Gasteiger partial charge in [0, 0.05) is 20.6 Å². The van der Waals surface area contributed by atoms with Gasteiger partial charge in [-0.1, -0.05) is 6.92 Å². The van der Waals surface area contributed by atoms with Crippen molar-refractivity contribution in [1.29, 1.82) is 0 Å². The number of amides is 1. The fraction of sp³-hybridized carbons (Fsp3) is 0.583. The number of likely N-dealkylation sites (N-methyl/N-ethyl adjacent to an activating group) is 1. The zero-order chi connectivity index (χ0) is 14.6. The molecule has 0 unspecified atom stereocenters. The van der Waals surface area contributed by atoms with E-state index in [0.717, 1.165) is 6.42 Å². The summed E-state index contributed by atoms with van der Waals surface area (Å²) >= 11 is 0. The smallest absolute Gasteiger partial charge is 0.341 e. The topological polar surface area (TPSA) is 87.5 Å². The van der Waals surface area contributed by atoms with Crippen LogP contribution in [-0.2, 0) is 11.8 Å². The lowest BCUT2D eigenvalue weighted by Gasteiger charge is -2.19. The average molecular weight is 268 g/mol. The molecule has 0 aliphatic rings. The van der Waals surface area contributed by atoms with Gasteiger partial charge in [0.1, 0.15) is 11.4 Å². The van der Waals surface area contributed by atoms with E-state index in [1.165, 1.54) is 4.68 Å². The summed E-state index contributed by atoms with van der Waals surface area (Å²) in [6.45, 7) is 4.32. The molecule has 0 saturated carbocycles. The third-order valence-corrected chi connectivity index (χ3v) is 2.72. The fourth-order valence-electron chi connectivity index (χ4n) is 1.94. The normalized spacial score (nSPS) is 10.3. The number of carbonyl (C=O) groups excluding carboxylic acids is 1. The largest absolute Gasteiger partial charge is 0.477 e. The van der Waals surface area contributed by atoms with Gasteiger partial charge in [0.2, 0.25) is 5.91 Å². The van der Waals surface area contributed by atoms with Crippen molar-refractivity contribution in [2.24, 2.45) is 7.05 Å². The Morgan fingerprint density at radius 3 is 2.63 bits per heavy atom. The highest BCUT2D eigenvalue weighted by Crippen LogP contribution is 2.21. The third kappa shape index (κ3) is 3.46. The third-order valence-electron chi connectivity index (χ3n) is 2.72. The van der Waals surface area contributed by atoms with E-state index in [1.807, 2.05) is 6.92 Å². The molecule has 0 atom stereocenters. The molecule has 1 amide bonds. The number of nitrogens with zero attached hydrogens (tertiary/aromatic N) is 3. The highest BCUT2D eigenvalue weighted by atomic mass is 16.4. The number of hydrogen-bond acceptors (Lipinski definition) is 4. The van der Waals surface area contributed by atoms with Crippen molar-refractivity contribution >= 4 is 17.7 Å². The van der Waals surface area contributed by atoms with Gasteiger partial charge in [-0.25, -0.2) is 4.79 Å². The number of rotatable bonds is 6. The van der Waals surface area contributed by atoms with Gasteiger partial charge < -0.3 is 15.3 Å². The van der Waals surface area contributed by atoms with Crippen molar-refractivity contribution in [3.63, 3.8) is 0 Å². The van der Waals surface area contributed by atoms with Gasteiger partial charge in [0.05, 0.1) is 12.2 Å². The minimum absolute atomic E-state index is 0.0965. The fourth-order valence-corrected chi connectivity index (χ4v) is 1.94. The van der Waals surface area contributed by atoms with Gasteiger partial charge in [-0.05, 0) is 13.3 Å². The standard InChI is InChI=1S/C12H20N4O3/c1-5-6-13-9(17)7-15(3)11-10(12(18)19)8(2)14-16(11)4/h5-7H2,1-4H3,(H,13,17)(H,18,19). The van der Waals surface area contributed by atoms with Gasteiger partial charge in [0.25, 0.3) is 0 Å². The summed E-state index contributed by atoms with van der Waals surface area (Å²) in [7, 11) is 3.34. The Balaban J connectivity index is 2.90. The molecule has 7 nitrogen and oxygen atoms in total. The molecule has 1 heterocycles. The molecule has 1 aromatic heterocycles. The van der Waals surface area contributed by atoms with Crippen LogP contribution < -0.4 is 10.2 Å². The summed E-state index contributed by atoms with van der Waals surface area (Å²) in [6, 6.07) is 0. The Labute approximate surface area is 112 Å². The Morgan fingerprint density at radius 1 is 1.47 bits per heavy atom. The lowest BCUT2D eigenvalue weighted by Crippen LogP contribution is -2.36. The molecular weight excluding hydrogens is 248 g/mol. The molecule has 0 radical (unpaired) electrons. The number of carbonyl (C=O) groups is 2. The van der Waals surface area contributed by atoms with Crippen LogP contribution in [0.25, 0.3) is 0 Å². The number of hydrogen-bond donors (Lipinski definition) is 2. The van der Waals surface area contributed by atoms with Gasteiger partial charge in [-0.3, -0.25) is 9.48 Å².